The van der Waals surface area contributed by atoms with Crippen LogP contribution < -0.4 is 4.74 Å². The molecule has 0 aromatic heterocycles. The molecule has 1 fully saturated rings. The molecule has 4 nitrogen and oxygen atoms in total. The molecule has 1 aromatic carbocycles. The minimum Gasteiger partial charge on any atom is -0.494 e. The molecule has 1 heterocycles. The number of thioether (sulfide) groups is 1. The van der Waals surface area contributed by atoms with Crippen molar-refractivity contribution >= 4 is 52.1 Å². The van der Waals surface area contributed by atoms with Crippen LogP contribution in [0.4, 0.5) is 0 Å². The van der Waals surface area contributed by atoms with Crippen molar-refractivity contribution in [2.24, 2.45) is 4.99 Å². The molecule has 0 N–H and O–H groups in total. The molecule has 0 spiro atoms. The normalized spacial score (nSPS) is 18.6. The van der Waals surface area contributed by atoms with E-state index in [1.165, 1.54) is 18.9 Å². The summed E-state index contributed by atoms with van der Waals surface area (Å²) >= 11 is 13.6. The number of carbonyl (C=O) groups excluding carboxylic acids is 1. The van der Waals surface area contributed by atoms with E-state index < -0.39 is 0 Å². The first-order valence-corrected chi connectivity index (χ1v) is 8.37. The van der Waals surface area contributed by atoms with Gasteiger partial charge in [0.1, 0.15) is 0 Å². The Morgan fingerprint density at radius 1 is 1.32 bits per heavy atom. The molecule has 7 heteroatoms. The second-order valence-electron chi connectivity index (χ2n) is 4.43. The summed E-state index contributed by atoms with van der Waals surface area (Å²) in [6.45, 7) is 5.09. The first-order chi connectivity index (χ1) is 10.5. The Kier molecular flexibility index (Phi) is 5.78. The first kappa shape index (κ1) is 17.2. The number of aliphatic imine (C=N–C) groups is 1. The number of halogens is 2. The minimum atomic E-state index is -0.0530. The van der Waals surface area contributed by atoms with Crippen LogP contribution in [-0.2, 0) is 4.79 Å². The lowest BCUT2D eigenvalue weighted by molar-refractivity contribution is -0.122. The number of amides is 1. The van der Waals surface area contributed by atoms with Gasteiger partial charge in [0, 0.05) is 13.1 Å². The third-order valence-electron chi connectivity index (χ3n) is 3.02. The standard InChI is InChI=1S/C15H16Cl2N2O2S/c1-4-18-15-19(5-2)14(20)12(22-15)8-9-6-10(16)13(21-3)11(17)7-9/h6-8H,4-5H2,1-3H3/b12-8+,18-15?. The lowest BCUT2D eigenvalue weighted by Crippen LogP contribution is -2.28. The van der Waals surface area contributed by atoms with Crippen LogP contribution in [0.2, 0.25) is 10.0 Å². The van der Waals surface area contributed by atoms with Crippen LogP contribution in [0.25, 0.3) is 6.08 Å². The van der Waals surface area contributed by atoms with Gasteiger partial charge in [0.25, 0.3) is 5.91 Å². The average Bonchev–Trinajstić information content (AvgIpc) is 2.74. The number of rotatable bonds is 4. The summed E-state index contributed by atoms with van der Waals surface area (Å²) in [6.07, 6.45) is 1.77. The van der Waals surface area contributed by atoms with Gasteiger partial charge in [-0.3, -0.25) is 14.7 Å². The molecule has 1 saturated heterocycles. The Labute approximate surface area is 144 Å². The van der Waals surface area contributed by atoms with Gasteiger partial charge in [-0.2, -0.15) is 0 Å². The van der Waals surface area contributed by atoms with Crippen molar-refractivity contribution in [3.8, 4) is 5.75 Å². The fourth-order valence-electron chi connectivity index (χ4n) is 2.05. The van der Waals surface area contributed by atoms with E-state index in [4.69, 9.17) is 27.9 Å². The molecule has 0 radical (unpaired) electrons. The molecule has 1 aliphatic rings. The van der Waals surface area contributed by atoms with Gasteiger partial charge in [-0.1, -0.05) is 23.2 Å². The Balaban J connectivity index is 2.38. The Bertz CT molecular complexity index is 636. The Morgan fingerprint density at radius 3 is 2.45 bits per heavy atom. The van der Waals surface area contributed by atoms with Crippen LogP contribution in [0.3, 0.4) is 0 Å². The largest absolute Gasteiger partial charge is 0.494 e. The number of methoxy groups -OCH3 is 1. The number of nitrogens with zero attached hydrogens (tertiary/aromatic N) is 2. The van der Waals surface area contributed by atoms with Crippen LogP contribution in [0.5, 0.6) is 5.75 Å². The second kappa shape index (κ2) is 7.40. The maximum Gasteiger partial charge on any atom is 0.266 e. The van der Waals surface area contributed by atoms with E-state index in [1.807, 2.05) is 13.8 Å². The molecule has 1 amide bonds. The topological polar surface area (TPSA) is 41.9 Å². The van der Waals surface area contributed by atoms with Crippen molar-refractivity contribution < 1.29 is 9.53 Å². The number of hydrogen-bond acceptors (Lipinski definition) is 4. The Morgan fingerprint density at radius 2 is 1.95 bits per heavy atom. The summed E-state index contributed by atoms with van der Waals surface area (Å²) in [5, 5.41) is 1.55. The molecule has 22 heavy (non-hydrogen) atoms. The lowest BCUT2D eigenvalue weighted by atomic mass is 10.2. The molecule has 118 valence electrons. The fourth-order valence-corrected chi connectivity index (χ4v) is 3.81. The van der Waals surface area contributed by atoms with Crippen molar-refractivity contribution in [1.82, 2.24) is 4.90 Å². The first-order valence-electron chi connectivity index (χ1n) is 6.80. The molecular weight excluding hydrogens is 343 g/mol. The van der Waals surface area contributed by atoms with Crippen LogP contribution in [0.1, 0.15) is 19.4 Å². The summed E-state index contributed by atoms with van der Waals surface area (Å²) in [6, 6.07) is 3.44. The van der Waals surface area contributed by atoms with Gasteiger partial charge >= 0.3 is 0 Å². The van der Waals surface area contributed by atoms with Gasteiger partial charge in [-0.05, 0) is 49.4 Å². The van der Waals surface area contributed by atoms with Gasteiger partial charge in [0.2, 0.25) is 0 Å². The number of hydrogen-bond donors (Lipinski definition) is 0. The Hall–Kier alpha value is -1.17. The van der Waals surface area contributed by atoms with Crippen LogP contribution >= 0.6 is 35.0 Å². The summed E-state index contributed by atoms with van der Waals surface area (Å²) in [5.41, 5.74) is 0.750. The molecular formula is C15H16Cl2N2O2S. The van der Waals surface area contributed by atoms with E-state index in [0.717, 1.165) is 10.7 Å². The van der Waals surface area contributed by atoms with E-state index in [1.54, 1.807) is 23.1 Å². The van der Waals surface area contributed by atoms with Gasteiger partial charge < -0.3 is 4.74 Å². The summed E-state index contributed by atoms with van der Waals surface area (Å²) in [5.74, 6) is 0.377. The van der Waals surface area contributed by atoms with Crippen molar-refractivity contribution in [3.63, 3.8) is 0 Å². The summed E-state index contributed by atoms with van der Waals surface area (Å²) < 4.78 is 5.12. The second-order valence-corrected chi connectivity index (χ2v) is 6.26. The lowest BCUT2D eigenvalue weighted by Gasteiger charge is -2.11. The number of likely N-dealkylation sites (N-methyl/N-ethyl adjacent to an activating group) is 1. The molecule has 0 aliphatic carbocycles. The maximum atomic E-state index is 12.4. The zero-order chi connectivity index (χ0) is 16.3. The molecule has 0 atom stereocenters. The molecule has 0 unspecified atom stereocenters. The van der Waals surface area contributed by atoms with Crippen molar-refractivity contribution in [1.29, 1.82) is 0 Å². The molecule has 1 aromatic rings. The van der Waals surface area contributed by atoms with E-state index in [0.29, 0.717) is 33.8 Å². The van der Waals surface area contributed by atoms with E-state index >= 15 is 0 Å². The zero-order valence-corrected chi connectivity index (χ0v) is 14.8. The van der Waals surface area contributed by atoms with Gasteiger partial charge in [-0.25, -0.2) is 0 Å². The smallest absolute Gasteiger partial charge is 0.266 e. The van der Waals surface area contributed by atoms with Crippen LogP contribution in [0, 0.1) is 0 Å². The number of benzene rings is 1. The van der Waals surface area contributed by atoms with E-state index in [9.17, 15) is 4.79 Å². The highest BCUT2D eigenvalue weighted by molar-refractivity contribution is 8.18. The molecule has 1 aliphatic heterocycles. The van der Waals surface area contributed by atoms with E-state index in [-0.39, 0.29) is 5.91 Å². The van der Waals surface area contributed by atoms with Crippen molar-refractivity contribution in [2.75, 3.05) is 20.2 Å². The monoisotopic (exact) mass is 358 g/mol. The molecule has 0 bridgehead atoms. The highest BCUT2D eigenvalue weighted by atomic mass is 35.5. The molecule has 2 rings (SSSR count). The van der Waals surface area contributed by atoms with Crippen LogP contribution in [0.15, 0.2) is 22.0 Å². The van der Waals surface area contributed by atoms with Crippen molar-refractivity contribution in [3.05, 3.63) is 32.6 Å². The summed E-state index contributed by atoms with van der Waals surface area (Å²) in [4.78, 5) is 19.0. The number of amidine groups is 1. The quantitative estimate of drug-likeness (QED) is 0.752. The highest BCUT2D eigenvalue weighted by Gasteiger charge is 2.31. The number of ether oxygens (including phenoxy) is 1. The minimum absolute atomic E-state index is 0.0530. The fraction of sp³-hybridized carbons (Fsp3) is 0.333. The predicted molar refractivity (Wildman–Crippen MR) is 93.9 cm³/mol. The maximum absolute atomic E-state index is 12.4. The van der Waals surface area contributed by atoms with Crippen molar-refractivity contribution in [2.45, 2.75) is 13.8 Å². The zero-order valence-electron chi connectivity index (χ0n) is 12.5. The third-order valence-corrected chi connectivity index (χ3v) is 4.63. The SMILES string of the molecule is CCN=C1S/C(=C/c2cc(Cl)c(OC)c(Cl)c2)C(=O)N1CC. The summed E-state index contributed by atoms with van der Waals surface area (Å²) in [7, 11) is 1.51. The predicted octanol–water partition coefficient (Wildman–Crippen LogP) is 4.31. The van der Waals surface area contributed by atoms with Crippen LogP contribution in [-0.4, -0.2) is 36.2 Å². The van der Waals surface area contributed by atoms with E-state index in [2.05, 4.69) is 4.99 Å². The number of carbonyl (C=O) groups is 1. The molecule has 0 saturated carbocycles. The highest BCUT2D eigenvalue weighted by Crippen LogP contribution is 2.37. The van der Waals surface area contributed by atoms with Gasteiger partial charge in [-0.15, -0.1) is 0 Å². The van der Waals surface area contributed by atoms with Gasteiger partial charge in [0.05, 0.1) is 22.1 Å². The van der Waals surface area contributed by atoms with Gasteiger partial charge in [0.15, 0.2) is 10.9 Å². The average molecular weight is 359 g/mol. The third kappa shape index (κ3) is 3.42.